The molecule has 0 aliphatic rings. The maximum Gasteiger partial charge on any atom is 0.354 e. The highest BCUT2D eigenvalue weighted by Gasteiger charge is 2.29. The van der Waals surface area contributed by atoms with Gasteiger partial charge in [-0.25, -0.2) is 4.79 Å². The first-order chi connectivity index (χ1) is 22.3. The van der Waals surface area contributed by atoms with E-state index in [1.165, 1.54) is 76.3 Å². The second-order valence-electron chi connectivity index (χ2n) is 11.6. The number of nitrogens with one attached hydrogen (secondary N) is 2. The molecule has 0 fully saturated rings. The molecule has 0 bridgehead atoms. The van der Waals surface area contributed by atoms with Crippen LogP contribution in [0.15, 0.2) is 48.5 Å². The Kier molecular flexibility index (Phi) is 19.3. The normalized spacial score (nSPS) is 11.4. The van der Waals surface area contributed by atoms with E-state index in [0.717, 1.165) is 19.3 Å². The van der Waals surface area contributed by atoms with Crippen LogP contribution in [0.25, 0.3) is 0 Å². The first kappa shape index (κ1) is 38.1. The lowest BCUT2D eigenvalue weighted by atomic mass is 10.0. The topological polar surface area (TPSA) is 151 Å². The lowest BCUT2D eigenvalue weighted by Gasteiger charge is -2.17. The van der Waals surface area contributed by atoms with Gasteiger partial charge in [0.1, 0.15) is 11.5 Å². The van der Waals surface area contributed by atoms with Crippen molar-refractivity contribution in [2.75, 3.05) is 17.2 Å². The minimum Gasteiger partial charge on any atom is -0.491 e. The van der Waals surface area contributed by atoms with Crippen LogP contribution in [-0.2, 0) is 19.2 Å². The zero-order valence-corrected chi connectivity index (χ0v) is 27.3. The second kappa shape index (κ2) is 23.3. The summed E-state index contributed by atoms with van der Waals surface area (Å²) in [5, 5.41) is 23.9. The van der Waals surface area contributed by atoms with Gasteiger partial charge in [0, 0.05) is 24.6 Å². The van der Waals surface area contributed by atoms with E-state index in [9.17, 15) is 24.3 Å². The van der Waals surface area contributed by atoms with Gasteiger partial charge in [0.2, 0.25) is 5.91 Å². The molecule has 2 rings (SSSR count). The molecule has 2 aromatic rings. The fraction of sp³-hybridized carbons (Fsp3) is 0.556. The summed E-state index contributed by atoms with van der Waals surface area (Å²) in [7, 11) is 0. The van der Waals surface area contributed by atoms with Crippen LogP contribution in [0.1, 0.15) is 116 Å². The molecule has 1 unspecified atom stereocenters. The molecule has 0 aromatic heterocycles. The van der Waals surface area contributed by atoms with Gasteiger partial charge in [-0.15, -0.1) is 0 Å². The summed E-state index contributed by atoms with van der Waals surface area (Å²) < 4.78 is 11.2. The Hall–Kier alpha value is -4.08. The van der Waals surface area contributed by atoms with Gasteiger partial charge in [-0.3, -0.25) is 14.4 Å². The van der Waals surface area contributed by atoms with Crippen molar-refractivity contribution in [1.29, 1.82) is 0 Å². The van der Waals surface area contributed by atoms with Crippen LogP contribution in [0.5, 0.6) is 11.5 Å². The van der Waals surface area contributed by atoms with Gasteiger partial charge in [-0.05, 0) is 43.5 Å². The molecule has 0 aliphatic heterocycles. The molecule has 0 spiro atoms. The molecule has 10 nitrogen and oxygen atoms in total. The number of aliphatic carboxylic acids is 2. The standard InChI is InChI=1S/C36H52N2O8/c1-2-3-4-5-6-7-8-9-10-11-12-13-17-22-32(39)38-30-25-24-28(27-31(30)45-26-19-18-23-33(40)41)37-35(42)34(36(43)44)46-29-20-15-14-16-21-29/h14-16,20-21,24-25,27,34H,2-13,17-19,22-23,26H2,1H3,(H,37,42)(H,38,39)(H,40,41)(H,43,44). The fourth-order valence-corrected chi connectivity index (χ4v) is 4.96. The van der Waals surface area contributed by atoms with Crippen molar-refractivity contribution in [1.82, 2.24) is 0 Å². The first-order valence-electron chi connectivity index (χ1n) is 16.8. The largest absolute Gasteiger partial charge is 0.491 e. The lowest BCUT2D eigenvalue weighted by molar-refractivity contribution is -0.149. The molecule has 0 radical (unpaired) electrons. The zero-order chi connectivity index (χ0) is 33.4. The number of carboxylic acids is 2. The van der Waals surface area contributed by atoms with Gasteiger partial charge >= 0.3 is 11.9 Å². The van der Waals surface area contributed by atoms with Crippen molar-refractivity contribution in [2.45, 2.75) is 122 Å². The van der Waals surface area contributed by atoms with E-state index in [1.54, 1.807) is 36.4 Å². The number of rotatable bonds is 26. The maximum atomic E-state index is 12.8. The zero-order valence-electron chi connectivity index (χ0n) is 27.3. The summed E-state index contributed by atoms with van der Waals surface area (Å²) in [6, 6.07) is 12.8. The number of hydrogen-bond acceptors (Lipinski definition) is 6. The van der Waals surface area contributed by atoms with Gasteiger partial charge in [0.15, 0.2) is 0 Å². The van der Waals surface area contributed by atoms with Crippen LogP contribution in [-0.4, -0.2) is 46.7 Å². The summed E-state index contributed by atoms with van der Waals surface area (Å²) in [6.07, 6.45) is 15.4. The number of carbonyl (C=O) groups excluding carboxylic acids is 2. The summed E-state index contributed by atoms with van der Waals surface area (Å²) >= 11 is 0. The van der Waals surface area contributed by atoms with E-state index in [-0.39, 0.29) is 36.1 Å². The Labute approximate surface area is 273 Å². The van der Waals surface area contributed by atoms with Gasteiger partial charge in [-0.1, -0.05) is 102 Å². The van der Waals surface area contributed by atoms with Crippen molar-refractivity contribution >= 4 is 35.1 Å². The van der Waals surface area contributed by atoms with E-state index in [1.807, 2.05) is 0 Å². The molecule has 1 atom stereocenters. The quantitative estimate of drug-likeness (QED) is 0.0593. The van der Waals surface area contributed by atoms with E-state index in [4.69, 9.17) is 14.6 Å². The predicted molar refractivity (Wildman–Crippen MR) is 179 cm³/mol. The Morgan fingerprint density at radius 2 is 1.28 bits per heavy atom. The SMILES string of the molecule is CCCCCCCCCCCCCCCC(=O)Nc1ccc(NC(=O)C(Oc2ccccc2)C(=O)O)cc1OCCCCC(=O)O. The molecular formula is C36H52N2O8. The molecule has 2 aromatic carbocycles. The minimum atomic E-state index is -1.79. The molecule has 0 saturated carbocycles. The maximum absolute atomic E-state index is 12.8. The average molecular weight is 641 g/mol. The smallest absolute Gasteiger partial charge is 0.354 e. The van der Waals surface area contributed by atoms with Gasteiger partial charge in [-0.2, -0.15) is 0 Å². The highest BCUT2D eigenvalue weighted by molar-refractivity contribution is 6.07. The Balaban J connectivity index is 1.86. The van der Waals surface area contributed by atoms with Crippen molar-refractivity contribution in [2.24, 2.45) is 0 Å². The third-order valence-corrected chi connectivity index (χ3v) is 7.53. The third kappa shape index (κ3) is 16.8. The van der Waals surface area contributed by atoms with Gasteiger partial charge < -0.3 is 30.3 Å². The van der Waals surface area contributed by atoms with Crippen LogP contribution in [0.4, 0.5) is 11.4 Å². The molecule has 0 saturated heterocycles. The molecule has 4 N–H and O–H groups in total. The van der Waals surface area contributed by atoms with Crippen molar-refractivity contribution in [3.8, 4) is 11.5 Å². The Bertz CT molecular complexity index is 1190. The molecule has 10 heteroatoms. The first-order valence-corrected chi connectivity index (χ1v) is 16.8. The summed E-state index contributed by atoms with van der Waals surface area (Å²) in [5.74, 6) is -2.87. The lowest BCUT2D eigenvalue weighted by Crippen LogP contribution is -2.39. The van der Waals surface area contributed by atoms with Crippen LogP contribution >= 0.6 is 0 Å². The Morgan fingerprint density at radius 1 is 0.696 bits per heavy atom. The summed E-state index contributed by atoms with van der Waals surface area (Å²) in [4.78, 5) is 48.1. The Morgan fingerprint density at radius 3 is 1.87 bits per heavy atom. The monoisotopic (exact) mass is 640 g/mol. The highest BCUT2D eigenvalue weighted by atomic mass is 16.5. The third-order valence-electron chi connectivity index (χ3n) is 7.53. The highest BCUT2D eigenvalue weighted by Crippen LogP contribution is 2.29. The number of carboxylic acid groups (broad SMARTS) is 2. The predicted octanol–water partition coefficient (Wildman–Crippen LogP) is 8.21. The number of amides is 2. The molecule has 46 heavy (non-hydrogen) atoms. The van der Waals surface area contributed by atoms with Crippen LogP contribution < -0.4 is 20.1 Å². The molecule has 2 amide bonds. The van der Waals surface area contributed by atoms with E-state index >= 15 is 0 Å². The second-order valence-corrected chi connectivity index (χ2v) is 11.6. The fourth-order valence-electron chi connectivity index (χ4n) is 4.96. The van der Waals surface area contributed by atoms with Crippen LogP contribution in [0, 0.1) is 0 Å². The molecular weight excluding hydrogens is 588 g/mol. The minimum absolute atomic E-state index is 0.0141. The average Bonchev–Trinajstić information content (AvgIpc) is 3.03. The van der Waals surface area contributed by atoms with Crippen molar-refractivity contribution in [3.63, 3.8) is 0 Å². The van der Waals surface area contributed by atoms with Crippen molar-refractivity contribution in [3.05, 3.63) is 48.5 Å². The molecule has 0 aliphatic carbocycles. The van der Waals surface area contributed by atoms with E-state index in [2.05, 4.69) is 17.6 Å². The number of benzene rings is 2. The van der Waals surface area contributed by atoms with Gasteiger partial charge in [0.25, 0.3) is 12.0 Å². The number of hydrogen-bond donors (Lipinski definition) is 4. The number of unbranched alkanes of at least 4 members (excludes halogenated alkanes) is 13. The number of carbonyl (C=O) groups is 4. The van der Waals surface area contributed by atoms with Crippen molar-refractivity contribution < 1.29 is 38.9 Å². The summed E-state index contributed by atoms with van der Waals surface area (Å²) in [5.41, 5.74) is 0.661. The number of ether oxygens (including phenoxy) is 2. The van der Waals surface area contributed by atoms with Crippen LogP contribution in [0.3, 0.4) is 0 Å². The van der Waals surface area contributed by atoms with Gasteiger partial charge in [0.05, 0.1) is 12.3 Å². The number of para-hydroxylation sites is 1. The van der Waals surface area contributed by atoms with Crippen LogP contribution in [0.2, 0.25) is 0 Å². The molecule has 0 heterocycles. The summed E-state index contributed by atoms with van der Waals surface area (Å²) in [6.45, 7) is 2.44. The van der Waals surface area contributed by atoms with E-state index in [0.29, 0.717) is 24.9 Å². The van der Waals surface area contributed by atoms with E-state index < -0.39 is 23.9 Å². The number of anilines is 2. The molecule has 254 valence electrons.